The zero-order valence-electron chi connectivity index (χ0n) is 15.7. The Kier molecular flexibility index (Phi) is 6.23. The summed E-state index contributed by atoms with van der Waals surface area (Å²) in [5, 5.41) is 7.93. The second kappa shape index (κ2) is 8.50. The summed E-state index contributed by atoms with van der Waals surface area (Å²) in [4.78, 5) is 13.7. The Morgan fingerprint density at radius 2 is 2.00 bits per heavy atom. The lowest BCUT2D eigenvalue weighted by Crippen LogP contribution is -2.36. The number of rotatable bonds is 7. The highest BCUT2D eigenvalue weighted by atomic mass is 32.1. The molecule has 0 saturated carbocycles. The molecule has 1 aromatic carbocycles. The highest BCUT2D eigenvalue weighted by Crippen LogP contribution is 2.29. The number of aromatic nitrogens is 2. The van der Waals surface area contributed by atoms with Gasteiger partial charge in [-0.1, -0.05) is 12.1 Å². The van der Waals surface area contributed by atoms with E-state index in [0.29, 0.717) is 11.4 Å². The van der Waals surface area contributed by atoms with Gasteiger partial charge in [-0.05, 0) is 37.6 Å². The molecule has 0 aliphatic carbocycles. The summed E-state index contributed by atoms with van der Waals surface area (Å²) < 4.78 is 55.8. The number of thiophene rings is 1. The summed E-state index contributed by atoms with van der Waals surface area (Å²) in [7, 11) is 0. The average Bonchev–Trinajstić information content (AvgIpc) is 3.17. The van der Waals surface area contributed by atoms with E-state index in [2.05, 4.69) is 15.2 Å². The van der Waals surface area contributed by atoms with Crippen LogP contribution in [0, 0.1) is 12.7 Å². The topological polar surface area (TPSA) is 56.2 Å². The molecule has 0 spiro atoms. The second-order valence-electron chi connectivity index (χ2n) is 6.70. The fourth-order valence-corrected chi connectivity index (χ4v) is 3.85. The first-order valence-corrected chi connectivity index (χ1v) is 9.61. The van der Waals surface area contributed by atoms with E-state index in [9.17, 15) is 22.4 Å². The first kappa shape index (κ1) is 21.3. The highest BCUT2D eigenvalue weighted by molar-refractivity contribution is 7.20. The van der Waals surface area contributed by atoms with Gasteiger partial charge in [0.1, 0.15) is 17.3 Å². The minimum absolute atomic E-state index is 0.243. The zero-order chi connectivity index (χ0) is 21.2. The van der Waals surface area contributed by atoms with Crippen molar-refractivity contribution in [3.8, 4) is 0 Å². The van der Waals surface area contributed by atoms with Crippen molar-refractivity contribution < 1.29 is 27.1 Å². The third kappa shape index (κ3) is 5.54. The van der Waals surface area contributed by atoms with Crippen molar-refractivity contribution in [1.82, 2.24) is 15.1 Å². The van der Waals surface area contributed by atoms with Crippen LogP contribution in [-0.2, 0) is 11.3 Å². The van der Waals surface area contributed by atoms with E-state index in [4.69, 9.17) is 0 Å². The molecule has 0 saturated heterocycles. The quantitative estimate of drug-likeness (QED) is 0.570. The molecule has 1 unspecified atom stereocenters. The van der Waals surface area contributed by atoms with Gasteiger partial charge in [-0.3, -0.25) is 9.48 Å². The fourth-order valence-electron chi connectivity index (χ4n) is 2.78. The summed E-state index contributed by atoms with van der Waals surface area (Å²) in [6, 6.07) is 7.22. The molecule has 10 heteroatoms. The van der Waals surface area contributed by atoms with Gasteiger partial charge in [0, 0.05) is 11.4 Å². The van der Waals surface area contributed by atoms with Gasteiger partial charge in [-0.15, -0.1) is 11.3 Å². The number of amides is 1. The molecular formula is C19H19F4N3O2S. The van der Waals surface area contributed by atoms with Gasteiger partial charge in [-0.2, -0.15) is 18.3 Å². The number of nitrogens with zero attached hydrogens (tertiary/aromatic N) is 2. The van der Waals surface area contributed by atoms with Gasteiger partial charge < -0.3 is 10.1 Å². The Balaban J connectivity index is 1.69. The number of halogens is 4. The maximum atomic E-state index is 13.1. The van der Waals surface area contributed by atoms with Gasteiger partial charge in [0.15, 0.2) is 0 Å². The molecule has 3 rings (SSSR count). The van der Waals surface area contributed by atoms with E-state index in [1.165, 1.54) is 23.5 Å². The van der Waals surface area contributed by atoms with Crippen LogP contribution < -0.4 is 5.32 Å². The molecule has 5 nitrogen and oxygen atoms in total. The third-order valence-electron chi connectivity index (χ3n) is 4.09. The zero-order valence-corrected chi connectivity index (χ0v) is 16.5. The van der Waals surface area contributed by atoms with Crippen molar-refractivity contribution in [3.63, 3.8) is 0 Å². The number of hydrogen-bond acceptors (Lipinski definition) is 4. The lowest BCUT2D eigenvalue weighted by molar-refractivity contribution is -0.174. The van der Waals surface area contributed by atoms with Crippen LogP contribution in [0.3, 0.4) is 0 Å². The molecule has 0 aliphatic rings. The molecule has 1 N–H and O–H groups in total. The Bertz CT molecular complexity index is 995. The molecule has 0 aliphatic heterocycles. The Labute approximate surface area is 168 Å². The third-order valence-corrected chi connectivity index (χ3v) is 5.24. The standard InChI is InChI=1S/C19H19F4N3O2S/c1-11(9-28-10-19(21,22)23)24-17(27)16-7-15-12(2)25-26(18(15)29-16)8-13-3-5-14(20)6-4-13/h3-7,11H,8-10H2,1-2H3,(H,24,27). The van der Waals surface area contributed by atoms with Crippen molar-refractivity contribution >= 4 is 27.5 Å². The smallest absolute Gasteiger partial charge is 0.370 e. The van der Waals surface area contributed by atoms with Crippen molar-refractivity contribution in [1.29, 1.82) is 0 Å². The van der Waals surface area contributed by atoms with Crippen molar-refractivity contribution in [2.24, 2.45) is 0 Å². The molecular weight excluding hydrogens is 410 g/mol. The molecule has 1 atom stereocenters. The number of benzene rings is 1. The van der Waals surface area contributed by atoms with Crippen molar-refractivity contribution in [2.45, 2.75) is 32.6 Å². The Morgan fingerprint density at radius 3 is 2.66 bits per heavy atom. The summed E-state index contributed by atoms with van der Waals surface area (Å²) in [5.74, 6) is -0.707. The number of hydrogen-bond donors (Lipinski definition) is 1. The maximum Gasteiger partial charge on any atom is 0.411 e. The molecule has 156 valence electrons. The maximum absolute atomic E-state index is 13.1. The first-order chi connectivity index (χ1) is 13.6. The predicted octanol–water partition coefficient (Wildman–Crippen LogP) is 4.29. The number of alkyl halides is 3. The van der Waals surface area contributed by atoms with E-state index in [-0.39, 0.29) is 18.3 Å². The monoisotopic (exact) mass is 429 g/mol. The van der Waals surface area contributed by atoms with E-state index in [0.717, 1.165) is 21.5 Å². The Morgan fingerprint density at radius 1 is 1.31 bits per heavy atom. The van der Waals surface area contributed by atoms with Gasteiger partial charge >= 0.3 is 6.18 Å². The summed E-state index contributed by atoms with van der Waals surface area (Å²) in [5.41, 5.74) is 1.62. The van der Waals surface area contributed by atoms with Gasteiger partial charge in [0.25, 0.3) is 5.91 Å². The van der Waals surface area contributed by atoms with E-state index in [1.54, 1.807) is 29.8 Å². The number of nitrogens with one attached hydrogen (secondary N) is 1. The van der Waals surface area contributed by atoms with E-state index < -0.39 is 18.8 Å². The van der Waals surface area contributed by atoms with Crippen LogP contribution in [0.4, 0.5) is 17.6 Å². The first-order valence-electron chi connectivity index (χ1n) is 8.79. The number of carbonyl (C=O) groups is 1. The van der Waals surface area contributed by atoms with Gasteiger partial charge in [-0.25, -0.2) is 4.39 Å². The summed E-state index contributed by atoms with van der Waals surface area (Å²) in [6.45, 7) is 2.23. The molecule has 2 aromatic heterocycles. The van der Waals surface area contributed by atoms with Crippen LogP contribution in [0.25, 0.3) is 10.2 Å². The van der Waals surface area contributed by atoms with Crippen LogP contribution in [0.1, 0.15) is 27.9 Å². The SMILES string of the molecule is Cc1nn(Cc2ccc(F)cc2)c2sc(C(=O)NC(C)COCC(F)(F)F)cc12. The van der Waals surface area contributed by atoms with Crippen LogP contribution in [0.2, 0.25) is 0 Å². The number of aryl methyl sites for hydroxylation is 1. The van der Waals surface area contributed by atoms with Crippen LogP contribution >= 0.6 is 11.3 Å². The molecule has 0 fully saturated rings. The minimum Gasteiger partial charge on any atom is -0.370 e. The lowest BCUT2D eigenvalue weighted by atomic mass is 10.2. The summed E-state index contributed by atoms with van der Waals surface area (Å²) in [6.07, 6.45) is -4.40. The average molecular weight is 429 g/mol. The van der Waals surface area contributed by atoms with E-state index >= 15 is 0 Å². The molecule has 29 heavy (non-hydrogen) atoms. The van der Waals surface area contributed by atoms with Crippen molar-refractivity contribution in [3.05, 3.63) is 52.3 Å². The van der Waals surface area contributed by atoms with Gasteiger partial charge in [0.2, 0.25) is 0 Å². The number of ether oxygens (including phenoxy) is 1. The van der Waals surface area contributed by atoms with Gasteiger partial charge in [0.05, 0.1) is 23.7 Å². The predicted molar refractivity (Wildman–Crippen MR) is 102 cm³/mol. The molecule has 2 heterocycles. The second-order valence-corrected chi connectivity index (χ2v) is 7.73. The summed E-state index contributed by atoms with van der Waals surface area (Å²) >= 11 is 1.24. The number of carbonyl (C=O) groups excluding carboxylic acids is 1. The molecule has 0 bridgehead atoms. The largest absolute Gasteiger partial charge is 0.411 e. The molecule has 0 radical (unpaired) electrons. The fraction of sp³-hybridized carbons (Fsp3) is 0.368. The van der Waals surface area contributed by atoms with E-state index in [1.807, 2.05) is 6.92 Å². The molecule has 3 aromatic rings. The van der Waals surface area contributed by atoms with Crippen molar-refractivity contribution in [2.75, 3.05) is 13.2 Å². The van der Waals surface area contributed by atoms with Crippen LogP contribution in [-0.4, -0.2) is 41.1 Å². The van der Waals surface area contributed by atoms with Crippen LogP contribution in [0.5, 0.6) is 0 Å². The Hall–Kier alpha value is -2.46. The lowest BCUT2D eigenvalue weighted by Gasteiger charge is -2.14. The molecule has 1 amide bonds. The number of fused-ring (bicyclic) bond motifs is 1. The van der Waals surface area contributed by atoms with Crippen LogP contribution in [0.15, 0.2) is 30.3 Å². The normalized spacial score (nSPS) is 13.0. The minimum atomic E-state index is -4.40. The highest BCUT2D eigenvalue weighted by Gasteiger charge is 2.27.